The van der Waals surface area contributed by atoms with E-state index in [4.69, 9.17) is 0 Å². The van der Waals surface area contributed by atoms with Crippen LogP contribution in [0.2, 0.25) is 0 Å². The standard InChI is InChI=1S/C27H26N4O3S/c1-18-10-9-11-20(16-18)28-26(33)22-14-7-8-15-23(22)35-17-24(32)29-25-19(2)30(3)31(27(25)34)21-12-5-4-6-13-21/h4-16H,17H2,1-3H3,(H,28,33)(H,29,32). The van der Waals surface area contributed by atoms with Gasteiger partial charge in [-0.1, -0.05) is 42.5 Å². The predicted octanol–water partition coefficient (Wildman–Crippen LogP) is 4.78. The van der Waals surface area contributed by atoms with E-state index in [1.165, 1.54) is 16.4 Å². The Hall–Kier alpha value is -4.04. The smallest absolute Gasteiger partial charge is 0.295 e. The maximum atomic E-state index is 13.0. The molecule has 4 aromatic rings. The van der Waals surface area contributed by atoms with E-state index in [1.807, 2.05) is 67.6 Å². The van der Waals surface area contributed by atoms with Gasteiger partial charge in [0.1, 0.15) is 5.69 Å². The number of carbonyl (C=O) groups is 2. The zero-order chi connectivity index (χ0) is 24.9. The van der Waals surface area contributed by atoms with Crippen LogP contribution in [-0.2, 0) is 11.8 Å². The van der Waals surface area contributed by atoms with Crippen LogP contribution >= 0.6 is 11.8 Å². The third kappa shape index (κ3) is 5.38. The number of aryl methyl sites for hydroxylation is 1. The largest absolute Gasteiger partial charge is 0.322 e. The van der Waals surface area contributed by atoms with Crippen LogP contribution in [0.5, 0.6) is 0 Å². The van der Waals surface area contributed by atoms with Crippen molar-refractivity contribution in [2.24, 2.45) is 7.05 Å². The van der Waals surface area contributed by atoms with E-state index in [0.717, 1.165) is 5.56 Å². The summed E-state index contributed by atoms with van der Waals surface area (Å²) in [5.41, 5.74) is 3.54. The van der Waals surface area contributed by atoms with E-state index >= 15 is 0 Å². The van der Waals surface area contributed by atoms with Crippen molar-refractivity contribution < 1.29 is 9.59 Å². The molecule has 0 radical (unpaired) electrons. The number of nitrogens with zero attached hydrogens (tertiary/aromatic N) is 2. The molecule has 178 valence electrons. The molecule has 1 aromatic heterocycles. The van der Waals surface area contributed by atoms with Gasteiger partial charge < -0.3 is 10.6 Å². The predicted molar refractivity (Wildman–Crippen MR) is 141 cm³/mol. The number of benzene rings is 3. The molecule has 8 heteroatoms. The van der Waals surface area contributed by atoms with E-state index in [2.05, 4.69) is 10.6 Å². The van der Waals surface area contributed by atoms with Crippen molar-refractivity contribution in [3.8, 4) is 5.69 Å². The third-order valence-corrected chi connectivity index (χ3v) is 6.66. The number of para-hydroxylation sites is 1. The number of hydrogen-bond donors (Lipinski definition) is 2. The molecule has 7 nitrogen and oxygen atoms in total. The van der Waals surface area contributed by atoms with Gasteiger partial charge in [-0.05, 0) is 55.8 Å². The van der Waals surface area contributed by atoms with Gasteiger partial charge in [-0.2, -0.15) is 0 Å². The van der Waals surface area contributed by atoms with Crippen LogP contribution in [0.15, 0.2) is 88.6 Å². The van der Waals surface area contributed by atoms with Crippen molar-refractivity contribution in [1.29, 1.82) is 0 Å². The van der Waals surface area contributed by atoms with Crippen LogP contribution in [0.1, 0.15) is 21.6 Å². The number of amides is 2. The highest BCUT2D eigenvalue weighted by atomic mass is 32.2. The summed E-state index contributed by atoms with van der Waals surface area (Å²) in [6.07, 6.45) is 0. The number of hydrogen-bond acceptors (Lipinski definition) is 4. The molecule has 0 saturated heterocycles. The second-order valence-electron chi connectivity index (χ2n) is 8.09. The Labute approximate surface area is 207 Å². The summed E-state index contributed by atoms with van der Waals surface area (Å²) in [6.45, 7) is 3.75. The highest BCUT2D eigenvalue weighted by molar-refractivity contribution is 8.00. The van der Waals surface area contributed by atoms with Gasteiger partial charge in [-0.3, -0.25) is 19.1 Å². The minimum atomic E-state index is -0.324. The average Bonchev–Trinajstić information content (AvgIpc) is 3.06. The molecule has 0 bridgehead atoms. The Morgan fingerprint density at radius 3 is 2.34 bits per heavy atom. The molecule has 2 amide bonds. The lowest BCUT2D eigenvalue weighted by atomic mass is 10.2. The Kier molecular flexibility index (Phi) is 7.22. The van der Waals surface area contributed by atoms with Gasteiger partial charge >= 0.3 is 0 Å². The molecule has 0 saturated carbocycles. The van der Waals surface area contributed by atoms with Gasteiger partial charge in [-0.15, -0.1) is 11.8 Å². The minimum absolute atomic E-state index is 0.0495. The van der Waals surface area contributed by atoms with Crippen LogP contribution in [0.3, 0.4) is 0 Å². The number of thioether (sulfide) groups is 1. The summed E-state index contributed by atoms with van der Waals surface area (Å²) in [6, 6.07) is 24.0. The highest BCUT2D eigenvalue weighted by Crippen LogP contribution is 2.24. The monoisotopic (exact) mass is 486 g/mol. The molecule has 0 aliphatic rings. The quantitative estimate of drug-likeness (QED) is 0.368. The number of rotatable bonds is 7. The van der Waals surface area contributed by atoms with Crippen LogP contribution in [0, 0.1) is 13.8 Å². The molecular weight excluding hydrogens is 460 g/mol. The fourth-order valence-corrected chi connectivity index (χ4v) is 4.58. The van der Waals surface area contributed by atoms with Crippen molar-refractivity contribution in [2.45, 2.75) is 18.7 Å². The topological polar surface area (TPSA) is 85.1 Å². The first-order valence-corrected chi connectivity index (χ1v) is 12.1. The van der Waals surface area contributed by atoms with E-state index in [-0.39, 0.29) is 28.8 Å². The molecule has 0 aliphatic carbocycles. The molecule has 1 heterocycles. The minimum Gasteiger partial charge on any atom is -0.322 e. The Morgan fingerprint density at radius 2 is 1.60 bits per heavy atom. The highest BCUT2D eigenvalue weighted by Gasteiger charge is 2.19. The normalized spacial score (nSPS) is 10.7. The number of carbonyl (C=O) groups excluding carboxylic acids is 2. The van der Waals surface area contributed by atoms with Gasteiger partial charge in [0, 0.05) is 17.6 Å². The van der Waals surface area contributed by atoms with Crippen LogP contribution < -0.4 is 16.2 Å². The van der Waals surface area contributed by atoms with Crippen LogP contribution in [0.4, 0.5) is 11.4 Å². The van der Waals surface area contributed by atoms with Gasteiger partial charge in [0.2, 0.25) is 5.91 Å². The first kappa shape index (κ1) is 24.1. The fourth-order valence-electron chi connectivity index (χ4n) is 3.73. The molecule has 0 unspecified atom stereocenters. The lowest BCUT2D eigenvalue weighted by molar-refractivity contribution is -0.113. The van der Waals surface area contributed by atoms with E-state index < -0.39 is 0 Å². The number of aromatic nitrogens is 2. The Balaban J connectivity index is 1.47. The molecule has 3 aromatic carbocycles. The number of anilines is 2. The lowest BCUT2D eigenvalue weighted by Gasteiger charge is -2.10. The summed E-state index contributed by atoms with van der Waals surface area (Å²) in [4.78, 5) is 39.4. The van der Waals surface area contributed by atoms with Crippen molar-refractivity contribution in [3.05, 3.63) is 106 Å². The van der Waals surface area contributed by atoms with Gasteiger partial charge in [0.05, 0.1) is 22.7 Å². The molecular formula is C27H26N4O3S. The second kappa shape index (κ2) is 10.5. The molecule has 2 N–H and O–H groups in total. The molecule has 0 atom stereocenters. The summed E-state index contributed by atoms with van der Waals surface area (Å²) in [7, 11) is 1.78. The second-order valence-corrected chi connectivity index (χ2v) is 9.11. The van der Waals surface area contributed by atoms with Crippen LogP contribution in [-0.4, -0.2) is 26.9 Å². The van der Waals surface area contributed by atoms with E-state index in [0.29, 0.717) is 27.5 Å². The Bertz CT molecular complexity index is 1440. The maximum Gasteiger partial charge on any atom is 0.295 e. The van der Waals surface area contributed by atoms with Crippen molar-refractivity contribution in [1.82, 2.24) is 9.36 Å². The zero-order valence-electron chi connectivity index (χ0n) is 19.7. The summed E-state index contributed by atoms with van der Waals surface area (Å²) >= 11 is 1.25. The number of nitrogens with one attached hydrogen (secondary N) is 2. The molecule has 35 heavy (non-hydrogen) atoms. The fraction of sp³-hybridized carbons (Fsp3) is 0.148. The summed E-state index contributed by atoms with van der Waals surface area (Å²) < 4.78 is 3.23. The van der Waals surface area contributed by atoms with Crippen molar-refractivity contribution in [3.63, 3.8) is 0 Å². The molecule has 0 fully saturated rings. The first-order valence-electron chi connectivity index (χ1n) is 11.1. The first-order chi connectivity index (χ1) is 16.8. The van der Waals surface area contributed by atoms with Crippen molar-refractivity contribution >= 4 is 35.0 Å². The Morgan fingerprint density at radius 1 is 0.886 bits per heavy atom. The van der Waals surface area contributed by atoms with Crippen molar-refractivity contribution in [2.75, 3.05) is 16.4 Å². The summed E-state index contributed by atoms with van der Waals surface area (Å²) in [5, 5.41) is 5.67. The zero-order valence-corrected chi connectivity index (χ0v) is 20.6. The van der Waals surface area contributed by atoms with E-state index in [1.54, 1.807) is 36.9 Å². The van der Waals surface area contributed by atoms with Gasteiger partial charge in [0.15, 0.2) is 0 Å². The average molecular weight is 487 g/mol. The van der Waals surface area contributed by atoms with E-state index in [9.17, 15) is 14.4 Å². The van der Waals surface area contributed by atoms with Gasteiger partial charge in [-0.25, -0.2) is 4.68 Å². The van der Waals surface area contributed by atoms with Crippen LogP contribution in [0.25, 0.3) is 5.69 Å². The van der Waals surface area contributed by atoms with Gasteiger partial charge in [0.25, 0.3) is 11.5 Å². The maximum absolute atomic E-state index is 13.0. The lowest BCUT2D eigenvalue weighted by Crippen LogP contribution is -2.23. The molecule has 0 spiro atoms. The molecule has 4 rings (SSSR count). The summed E-state index contributed by atoms with van der Waals surface area (Å²) in [5.74, 6) is -0.521. The molecule has 0 aliphatic heterocycles. The SMILES string of the molecule is Cc1cccc(NC(=O)c2ccccc2SCC(=O)Nc2c(C)n(C)n(-c3ccccc3)c2=O)c1. The third-order valence-electron chi connectivity index (χ3n) is 5.59.